The van der Waals surface area contributed by atoms with Crippen molar-refractivity contribution in [3.63, 3.8) is 0 Å². The van der Waals surface area contributed by atoms with Crippen LogP contribution in [0.5, 0.6) is 0 Å². The van der Waals surface area contributed by atoms with Gasteiger partial charge in [0.05, 0.1) is 6.42 Å². The molecule has 0 aromatic heterocycles. The number of carbonyl (C=O) groups is 2. The fourth-order valence-electron chi connectivity index (χ4n) is 3.33. The monoisotopic (exact) mass is 448 g/mol. The van der Waals surface area contributed by atoms with Crippen molar-refractivity contribution in [3.8, 4) is 0 Å². The molecule has 2 aromatic rings. The smallest absolute Gasteiger partial charge is 0.242 e. The predicted molar refractivity (Wildman–Crippen MR) is 124 cm³/mol. The summed E-state index contributed by atoms with van der Waals surface area (Å²) in [7, 11) is 0. The van der Waals surface area contributed by atoms with Crippen LogP contribution in [0.4, 0.5) is 0 Å². The molecule has 2 rings (SSSR count). The van der Waals surface area contributed by atoms with Crippen LogP contribution >= 0.6 is 23.2 Å². The molecule has 0 unspecified atom stereocenters. The van der Waals surface area contributed by atoms with Crippen LogP contribution in [-0.2, 0) is 22.4 Å². The molecule has 0 spiro atoms. The zero-order chi connectivity index (χ0) is 21.9. The SMILES string of the molecule is CCCCNC(=O)[C@H](CC)N(CCc1ccccc1)C(=O)Cc1ccc(Cl)cc1Cl. The highest BCUT2D eigenvalue weighted by Gasteiger charge is 2.28. The highest BCUT2D eigenvalue weighted by Crippen LogP contribution is 2.22. The lowest BCUT2D eigenvalue weighted by Crippen LogP contribution is -2.50. The number of benzene rings is 2. The second-order valence-corrected chi connectivity index (χ2v) is 8.15. The van der Waals surface area contributed by atoms with E-state index in [2.05, 4.69) is 12.2 Å². The van der Waals surface area contributed by atoms with Crippen LogP contribution in [-0.4, -0.2) is 35.8 Å². The Kier molecular flexibility index (Phi) is 10.2. The number of unbranched alkanes of at least 4 members (excludes halogenated alkanes) is 1. The van der Waals surface area contributed by atoms with Gasteiger partial charge in [0.25, 0.3) is 0 Å². The minimum atomic E-state index is -0.510. The molecule has 30 heavy (non-hydrogen) atoms. The third-order valence-electron chi connectivity index (χ3n) is 5.06. The molecule has 2 aromatic carbocycles. The lowest BCUT2D eigenvalue weighted by Gasteiger charge is -2.31. The molecule has 0 saturated heterocycles. The molecule has 1 atom stereocenters. The average molecular weight is 449 g/mol. The Labute approximate surface area is 189 Å². The van der Waals surface area contributed by atoms with Crippen molar-refractivity contribution in [2.45, 2.75) is 52.0 Å². The van der Waals surface area contributed by atoms with Crippen molar-refractivity contribution in [1.82, 2.24) is 10.2 Å². The molecular formula is C24H30Cl2N2O2. The van der Waals surface area contributed by atoms with Crippen molar-refractivity contribution in [3.05, 3.63) is 69.7 Å². The Morgan fingerprint density at radius 2 is 1.80 bits per heavy atom. The number of hydrogen-bond donors (Lipinski definition) is 1. The predicted octanol–water partition coefficient (Wildman–Crippen LogP) is 5.30. The van der Waals surface area contributed by atoms with Gasteiger partial charge in [-0.2, -0.15) is 0 Å². The topological polar surface area (TPSA) is 49.4 Å². The zero-order valence-corrected chi connectivity index (χ0v) is 19.2. The van der Waals surface area contributed by atoms with Gasteiger partial charge in [0.15, 0.2) is 0 Å². The summed E-state index contributed by atoms with van der Waals surface area (Å²) in [5.74, 6) is -0.220. The molecule has 0 saturated carbocycles. The van der Waals surface area contributed by atoms with Crippen LogP contribution in [0.1, 0.15) is 44.2 Å². The van der Waals surface area contributed by atoms with E-state index >= 15 is 0 Å². The summed E-state index contributed by atoms with van der Waals surface area (Å²) < 4.78 is 0. The number of rotatable bonds is 11. The van der Waals surface area contributed by atoms with Crippen LogP contribution in [0.25, 0.3) is 0 Å². The standard InChI is InChI=1S/C24H30Cl2N2O2/c1-3-5-14-27-24(30)22(4-2)28(15-13-18-9-7-6-8-10-18)23(29)16-19-11-12-20(25)17-21(19)26/h6-12,17,22H,3-5,13-16H2,1-2H3,(H,27,30)/t22-/m0/s1. The first kappa shape index (κ1) is 24.2. The van der Waals surface area contributed by atoms with Gasteiger partial charge in [-0.1, -0.05) is 79.9 Å². The van der Waals surface area contributed by atoms with Gasteiger partial charge >= 0.3 is 0 Å². The quantitative estimate of drug-likeness (QED) is 0.473. The van der Waals surface area contributed by atoms with Gasteiger partial charge in [0, 0.05) is 23.1 Å². The summed E-state index contributed by atoms with van der Waals surface area (Å²) in [5, 5.41) is 3.96. The van der Waals surface area contributed by atoms with E-state index in [0.29, 0.717) is 41.5 Å². The molecule has 0 aliphatic heterocycles. The van der Waals surface area contributed by atoms with Crippen molar-refractivity contribution >= 4 is 35.0 Å². The number of halogens is 2. The third-order valence-corrected chi connectivity index (χ3v) is 5.64. The van der Waals surface area contributed by atoms with E-state index in [0.717, 1.165) is 18.4 Å². The largest absolute Gasteiger partial charge is 0.354 e. The van der Waals surface area contributed by atoms with E-state index in [9.17, 15) is 9.59 Å². The van der Waals surface area contributed by atoms with Crippen LogP contribution in [0.3, 0.4) is 0 Å². The highest BCUT2D eigenvalue weighted by molar-refractivity contribution is 6.35. The number of nitrogens with zero attached hydrogens (tertiary/aromatic N) is 1. The molecule has 0 fully saturated rings. The molecule has 6 heteroatoms. The highest BCUT2D eigenvalue weighted by atomic mass is 35.5. The van der Waals surface area contributed by atoms with Crippen molar-refractivity contribution in [2.24, 2.45) is 0 Å². The molecule has 4 nitrogen and oxygen atoms in total. The van der Waals surface area contributed by atoms with Crippen molar-refractivity contribution < 1.29 is 9.59 Å². The second kappa shape index (κ2) is 12.6. The molecule has 0 aliphatic carbocycles. The van der Waals surface area contributed by atoms with Crippen LogP contribution in [0.2, 0.25) is 10.0 Å². The van der Waals surface area contributed by atoms with E-state index in [4.69, 9.17) is 23.2 Å². The number of amides is 2. The first-order valence-electron chi connectivity index (χ1n) is 10.5. The maximum Gasteiger partial charge on any atom is 0.242 e. The van der Waals surface area contributed by atoms with Gasteiger partial charge < -0.3 is 10.2 Å². The van der Waals surface area contributed by atoms with Gasteiger partial charge in [0.1, 0.15) is 6.04 Å². The van der Waals surface area contributed by atoms with Crippen LogP contribution in [0, 0.1) is 0 Å². The number of hydrogen-bond acceptors (Lipinski definition) is 2. The first-order valence-corrected chi connectivity index (χ1v) is 11.3. The van der Waals surface area contributed by atoms with Crippen molar-refractivity contribution in [2.75, 3.05) is 13.1 Å². The van der Waals surface area contributed by atoms with Gasteiger partial charge in [-0.3, -0.25) is 9.59 Å². The summed E-state index contributed by atoms with van der Waals surface area (Å²) in [6, 6.07) is 14.6. The maximum atomic E-state index is 13.3. The molecule has 2 amide bonds. The fourth-order valence-corrected chi connectivity index (χ4v) is 3.81. The Bertz CT molecular complexity index is 827. The molecule has 0 radical (unpaired) electrons. The van der Waals surface area contributed by atoms with E-state index in [1.807, 2.05) is 37.3 Å². The van der Waals surface area contributed by atoms with E-state index in [1.165, 1.54) is 0 Å². The summed E-state index contributed by atoms with van der Waals surface area (Å²) >= 11 is 12.3. The minimum Gasteiger partial charge on any atom is -0.354 e. The molecule has 0 heterocycles. The van der Waals surface area contributed by atoms with Gasteiger partial charge in [-0.25, -0.2) is 0 Å². The summed E-state index contributed by atoms with van der Waals surface area (Å²) in [6.07, 6.45) is 3.28. The normalized spacial score (nSPS) is 11.7. The Hall–Kier alpha value is -2.04. The fraction of sp³-hybridized carbons (Fsp3) is 0.417. The lowest BCUT2D eigenvalue weighted by atomic mass is 10.1. The van der Waals surface area contributed by atoms with Gasteiger partial charge in [-0.05, 0) is 42.5 Å². The first-order chi connectivity index (χ1) is 14.5. The lowest BCUT2D eigenvalue weighted by molar-refractivity contribution is -0.140. The molecule has 0 bridgehead atoms. The Balaban J connectivity index is 2.19. The van der Waals surface area contributed by atoms with E-state index in [1.54, 1.807) is 23.1 Å². The maximum absolute atomic E-state index is 13.3. The zero-order valence-electron chi connectivity index (χ0n) is 17.7. The van der Waals surface area contributed by atoms with Crippen LogP contribution < -0.4 is 5.32 Å². The number of carbonyl (C=O) groups excluding carboxylic acids is 2. The molecule has 1 N–H and O–H groups in total. The summed E-state index contributed by atoms with van der Waals surface area (Å²) in [5.41, 5.74) is 1.83. The summed E-state index contributed by atoms with van der Waals surface area (Å²) in [6.45, 7) is 5.10. The minimum absolute atomic E-state index is 0.102. The Morgan fingerprint density at radius 1 is 1.07 bits per heavy atom. The Morgan fingerprint density at radius 3 is 2.43 bits per heavy atom. The van der Waals surface area contributed by atoms with Crippen molar-refractivity contribution in [1.29, 1.82) is 0 Å². The molecule has 162 valence electrons. The number of nitrogens with one attached hydrogen (secondary N) is 1. The van der Waals surface area contributed by atoms with E-state index in [-0.39, 0.29) is 18.2 Å². The third kappa shape index (κ3) is 7.33. The second-order valence-electron chi connectivity index (χ2n) is 7.30. The van der Waals surface area contributed by atoms with Gasteiger partial charge in [0.2, 0.25) is 11.8 Å². The molecular weight excluding hydrogens is 419 g/mol. The average Bonchev–Trinajstić information content (AvgIpc) is 2.73. The van der Waals surface area contributed by atoms with Gasteiger partial charge in [-0.15, -0.1) is 0 Å². The summed E-state index contributed by atoms with van der Waals surface area (Å²) in [4.78, 5) is 27.8. The van der Waals surface area contributed by atoms with Crippen LogP contribution in [0.15, 0.2) is 48.5 Å². The molecule has 0 aliphatic rings. The van der Waals surface area contributed by atoms with E-state index < -0.39 is 6.04 Å².